The van der Waals surface area contributed by atoms with Gasteiger partial charge in [-0.2, -0.15) is 13.2 Å². The van der Waals surface area contributed by atoms with Crippen LogP contribution >= 0.6 is 0 Å². The first-order valence-electron chi connectivity index (χ1n) is 12.6. The number of nitrogens with zero attached hydrogens (tertiary/aromatic N) is 3. The monoisotopic (exact) mass is 560 g/mol. The lowest BCUT2D eigenvalue weighted by atomic mass is 9.61. The maximum absolute atomic E-state index is 13.9. The number of hydrogen-bond donors (Lipinski definition) is 3. The summed E-state index contributed by atoms with van der Waals surface area (Å²) in [5.41, 5.74) is 5.54. The van der Waals surface area contributed by atoms with Gasteiger partial charge in [0.2, 0.25) is 11.7 Å². The minimum Gasteiger partial charge on any atom is -0.348 e. The fourth-order valence-electron chi connectivity index (χ4n) is 5.15. The minimum atomic E-state index is -4.82. The largest absolute Gasteiger partial charge is 0.449 e. The van der Waals surface area contributed by atoms with Crippen LogP contribution in [0.2, 0.25) is 0 Å². The Morgan fingerprint density at radius 2 is 1.87 bits per heavy atom. The van der Waals surface area contributed by atoms with Crippen molar-refractivity contribution >= 4 is 11.8 Å². The summed E-state index contributed by atoms with van der Waals surface area (Å²) >= 11 is 0. The van der Waals surface area contributed by atoms with Crippen LogP contribution in [-0.2, 0) is 23.9 Å². The molecule has 2 fully saturated rings. The second-order valence-electron chi connectivity index (χ2n) is 10.3. The summed E-state index contributed by atoms with van der Waals surface area (Å²) in [5, 5.41) is 5.91. The van der Waals surface area contributed by atoms with Gasteiger partial charge in [0.15, 0.2) is 11.6 Å². The Kier molecular flexibility index (Phi) is 8.26. The lowest BCUT2D eigenvalue weighted by molar-refractivity contribution is -0.147. The zero-order valence-corrected chi connectivity index (χ0v) is 21.3. The van der Waals surface area contributed by atoms with E-state index in [0.29, 0.717) is 12.1 Å². The van der Waals surface area contributed by atoms with Crippen LogP contribution in [-0.4, -0.2) is 64.5 Å². The van der Waals surface area contributed by atoms with E-state index in [1.807, 2.05) is 0 Å². The maximum atomic E-state index is 13.9. The van der Waals surface area contributed by atoms with Crippen molar-refractivity contribution in [1.29, 1.82) is 0 Å². The summed E-state index contributed by atoms with van der Waals surface area (Å²) in [6, 6.07) is 0.00755. The number of carbonyl (C=O) groups is 2. The van der Waals surface area contributed by atoms with Gasteiger partial charge in [-0.1, -0.05) is 0 Å². The highest BCUT2D eigenvalue weighted by Gasteiger charge is 2.49. The van der Waals surface area contributed by atoms with Crippen molar-refractivity contribution < 1.29 is 35.9 Å². The van der Waals surface area contributed by atoms with Crippen LogP contribution in [0, 0.1) is 22.9 Å². The quantitative estimate of drug-likeness (QED) is 0.306. The molecule has 2 amide bonds. The molecule has 2 aliphatic rings. The predicted molar refractivity (Wildman–Crippen MR) is 128 cm³/mol. The van der Waals surface area contributed by atoms with E-state index >= 15 is 0 Å². The van der Waals surface area contributed by atoms with Crippen LogP contribution in [0.4, 0.5) is 26.3 Å². The summed E-state index contributed by atoms with van der Waals surface area (Å²) < 4.78 is 82.2. The fraction of sp³-hybridized carbons (Fsp3) is 0.560. The Morgan fingerprint density at radius 3 is 2.46 bits per heavy atom. The first-order valence-corrected chi connectivity index (χ1v) is 12.6. The summed E-state index contributed by atoms with van der Waals surface area (Å²) in [6.07, 6.45) is -2.83. The molecule has 2 aromatic rings. The molecule has 1 saturated heterocycles. The highest BCUT2D eigenvalue weighted by atomic mass is 19.4. The highest BCUT2D eigenvalue weighted by molar-refractivity contribution is 5.92. The molecule has 0 bridgehead atoms. The van der Waals surface area contributed by atoms with Gasteiger partial charge in [0.05, 0.1) is 0 Å². The summed E-state index contributed by atoms with van der Waals surface area (Å²) in [7, 11) is 0. The molecule has 4 rings (SSSR count). The number of nitrogens with one attached hydrogen (secondary N) is 2. The highest BCUT2D eigenvalue weighted by Crippen LogP contribution is 2.44. The van der Waals surface area contributed by atoms with Crippen molar-refractivity contribution in [3.8, 4) is 0 Å². The summed E-state index contributed by atoms with van der Waals surface area (Å²) in [5.74, 6) is -6.05. The van der Waals surface area contributed by atoms with Gasteiger partial charge in [-0.15, -0.1) is 0 Å². The molecule has 1 aliphatic carbocycles. The average molecular weight is 561 g/mol. The van der Waals surface area contributed by atoms with Gasteiger partial charge in [0, 0.05) is 63.5 Å². The van der Waals surface area contributed by atoms with E-state index < -0.39 is 47.3 Å². The number of benzene rings is 1. The molecule has 1 spiro atoms. The van der Waals surface area contributed by atoms with Crippen LogP contribution < -0.4 is 16.4 Å². The molecule has 1 aromatic heterocycles. The Balaban J connectivity index is 1.35. The number of amides is 2. The van der Waals surface area contributed by atoms with Crippen molar-refractivity contribution in [3.05, 3.63) is 52.9 Å². The van der Waals surface area contributed by atoms with Gasteiger partial charge in [-0.25, -0.2) is 18.2 Å². The van der Waals surface area contributed by atoms with E-state index in [0.717, 1.165) is 36.7 Å². The van der Waals surface area contributed by atoms with Crippen molar-refractivity contribution in [2.75, 3.05) is 26.2 Å². The number of likely N-dealkylation sites (N-methyl/N-ethyl adjacent to an activating group) is 1. The third kappa shape index (κ3) is 6.55. The van der Waals surface area contributed by atoms with Crippen LogP contribution in [0.3, 0.4) is 0 Å². The topological polar surface area (TPSA) is 105 Å². The predicted octanol–water partition coefficient (Wildman–Crippen LogP) is 2.61. The number of nitrogens with two attached hydrogens (primary N) is 1. The Labute approximate surface area is 220 Å². The van der Waals surface area contributed by atoms with E-state index in [1.165, 1.54) is 4.90 Å². The van der Waals surface area contributed by atoms with Gasteiger partial charge in [0.25, 0.3) is 5.91 Å². The van der Waals surface area contributed by atoms with Gasteiger partial charge >= 0.3 is 6.18 Å². The second-order valence-corrected chi connectivity index (χ2v) is 10.3. The summed E-state index contributed by atoms with van der Waals surface area (Å²) in [4.78, 5) is 30.1. The second kappa shape index (κ2) is 11.2. The first kappa shape index (κ1) is 28.9. The van der Waals surface area contributed by atoms with Crippen LogP contribution in [0.1, 0.15) is 48.1 Å². The lowest BCUT2D eigenvalue weighted by Crippen LogP contribution is -2.65. The van der Waals surface area contributed by atoms with Crippen LogP contribution in [0.5, 0.6) is 0 Å². The van der Waals surface area contributed by atoms with Gasteiger partial charge in [-0.05, 0) is 43.2 Å². The van der Waals surface area contributed by atoms with Crippen molar-refractivity contribution in [2.24, 2.45) is 11.1 Å². The van der Waals surface area contributed by atoms with Crippen LogP contribution in [0.25, 0.3) is 0 Å². The third-order valence-corrected chi connectivity index (χ3v) is 7.31. The molecular formula is C25H30F6N6O2. The molecule has 1 aliphatic heterocycles. The number of alkyl halides is 3. The van der Waals surface area contributed by atoms with Crippen LogP contribution in [0.15, 0.2) is 18.3 Å². The Bertz CT molecular complexity index is 1220. The van der Waals surface area contributed by atoms with E-state index in [-0.39, 0.29) is 55.2 Å². The number of halogens is 6. The maximum Gasteiger partial charge on any atom is 0.449 e. The number of rotatable bonds is 10. The third-order valence-electron chi connectivity index (χ3n) is 7.31. The molecule has 2 heterocycles. The minimum absolute atomic E-state index is 0.114. The Hall–Kier alpha value is -3.13. The van der Waals surface area contributed by atoms with Gasteiger partial charge in [-0.3, -0.25) is 9.59 Å². The fourth-order valence-corrected chi connectivity index (χ4v) is 5.15. The number of imidazole rings is 1. The molecule has 1 saturated carbocycles. The normalized spacial score (nSPS) is 17.4. The molecule has 8 nitrogen and oxygen atoms in total. The molecule has 1 unspecified atom stereocenters. The molecular weight excluding hydrogens is 530 g/mol. The molecule has 14 heteroatoms. The van der Waals surface area contributed by atoms with E-state index in [2.05, 4.69) is 15.6 Å². The van der Waals surface area contributed by atoms with Crippen molar-refractivity contribution in [3.63, 3.8) is 0 Å². The lowest BCUT2D eigenvalue weighted by Gasteiger charge is -2.54. The first-order chi connectivity index (χ1) is 18.3. The molecule has 214 valence electrons. The van der Waals surface area contributed by atoms with Crippen molar-refractivity contribution in [2.45, 2.75) is 57.4 Å². The average Bonchev–Trinajstić information content (AvgIpc) is 3.23. The van der Waals surface area contributed by atoms with Gasteiger partial charge < -0.3 is 25.8 Å². The number of aromatic nitrogens is 2. The standard InChI is InChI=1S/C25H30F6N6O2/c1-2-36(21(38)7-15(32)5-14-6-18(27)19(28)8-17(14)26)3-4-37-11-20(35-23(37)25(29,30)31)22(39)34-16-9-24(10-16)12-33-13-24/h6,8,11,15-16,33H,2-5,7,9-10,12-13,32H2,1H3,(H,34,39). The smallest absolute Gasteiger partial charge is 0.348 e. The summed E-state index contributed by atoms with van der Waals surface area (Å²) in [6.45, 7) is 3.07. The molecule has 39 heavy (non-hydrogen) atoms. The number of hydrogen-bond acceptors (Lipinski definition) is 5. The molecule has 4 N–H and O–H groups in total. The zero-order chi connectivity index (χ0) is 28.5. The van der Waals surface area contributed by atoms with Crippen molar-refractivity contribution in [1.82, 2.24) is 25.1 Å². The zero-order valence-electron chi connectivity index (χ0n) is 21.3. The van der Waals surface area contributed by atoms with E-state index in [9.17, 15) is 35.9 Å². The van der Waals surface area contributed by atoms with E-state index in [1.54, 1.807) is 6.92 Å². The van der Waals surface area contributed by atoms with E-state index in [4.69, 9.17) is 5.73 Å². The SMILES string of the molecule is CCN(CCn1cc(C(=O)NC2CC3(CNC3)C2)nc1C(F)(F)F)C(=O)CC(N)Cc1cc(F)c(F)cc1F. The molecule has 1 atom stereocenters. The molecule has 0 radical (unpaired) electrons. The molecule has 1 aromatic carbocycles. The Morgan fingerprint density at radius 1 is 1.21 bits per heavy atom. The van der Waals surface area contributed by atoms with Gasteiger partial charge in [0.1, 0.15) is 11.5 Å². The number of carbonyl (C=O) groups excluding carboxylic acids is 2.